The first-order chi connectivity index (χ1) is 15.0. The van der Waals surface area contributed by atoms with Crippen LogP contribution in [-0.4, -0.2) is 25.1 Å². The number of hydrogen-bond acceptors (Lipinski definition) is 5. The largest absolute Gasteiger partial charge is 0.378 e. The number of benzene rings is 3. The lowest BCUT2D eigenvalue weighted by molar-refractivity contribution is 0.789. The molecule has 0 unspecified atom stereocenters. The molecule has 4 nitrogen and oxygen atoms in total. The second kappa shape index (κ2) is 9.23. The summed E-state index contributed by atoms with van der Waals surface area (Å²) in [5.41, 5.74) is 6.70. The Morgan fingerprint density at radius 1 is 0.774 bits per heavy atom. The van der Waals surface area contributed by atoms with Crippen LogP contribution < -0.4 is 15.1 Å². The lowest BCUT2D eigenvalue weighted by Gasteiger charge is -2.29. The van der Waals surface area contributed by atoms with Gasteiger partial charge in [0.15, 0.2) is 5.13 Å². The van der Waals surface area contributed by atoms with Crippen LogP contribution in [-0.2, 0) is 0 Å². The van der Waals surface area contributed by atoms with E-state index in [4.69, 9.17) is 4.98 Å². The van der Waals surface area contributed by atoms with Crippen molar-refractivity contribution in [1.29, 1.82) is 0 Å². The standard InChI is InChI=1S/C26H28N4S/c1-19(2)30(23-8-6-5-7-9-23)24-16-12-21(13-17-24)27-26-28-25(18-31-26)20-10-14-22(15-11-20)29(3)4/h5-19H,1-4H3,(H,27,28). The van der Waals surface area contributed by atoms with Gasteiger partial charge in [-0.1, -0.05) is 30.3 Å². The second-order valence-corrected chi connectivity index (χ2v) is 8.81. The van der Waals surface area contributed by atoms with Gasteiger partial charge in [-0.3, -0.25) is 0 Å². The van der Waals surface area contributed by atoms with E-state index in [1.807, 2.05) is 20.2 Å². The summed E-state index contributed by atoms with van der Waals surface area (Å²) in [7, 11) is 4.09. The van der Waals surface area contributed by atoms with E-state index in [0.717, 1.165) is 22.1 Å². The topological polar surface area (TPSA) is 31.4 Å². The van der Waals surface area contributed by atoms with Crippen LogP contribution in [0.3, 0.4) is 0 Å². The average Bonchev–Trinajstić information content (AvgIpc) is 3.24. The molecule has 0 saturated heterocycles. The van der Waals surface area contributed by atoms with Crippen molar-refractivity contribution in [2.75, 3.05) is 29.2 Å². The summed E-state index contributed by atoms with van der Waals surface area (Å²) in [6, 6.07) is 27.9. The zero-order chi connectivity index (χ0) is 21.8. The van der Waals surface area contributed by atoms with E-state index in [1.165, 1.54) is 17.1 Å². The number of rotatable bonds is 7. The number of thiazole rings is 1. The molecule has 158 valence electrons. The van der Waals surface area contributed by atoms with E-state index in [-0.39, 0.29) is 0 Å². The van der Waals surface area contributed by atoms with Crippen molar-refractivity contribution in [3.63, 3.8) is 0 Å². The maximum Gasteiger partial charge on any atom is 0.187 e. The smallest absolute Gasteiger partial charge is 0.187 e. The predicted octanol–water partition coefficient (Wildman–Crippen LogP) is 7.17. The Balaban J connectivity index is 1.48. The fraction of sp³-hybridized carbons (Fsp3) is 0.192. The first kappa shape index (κ1) is 20.9. The molecule has 0 bridgehead atoms. The van der Waals surface area contributed by atoms with Crippen LogP contribution >= 0.6 is 11.3 Å². The zero-order valence-electron chi connectivity index (χ0n) is 18.4. The minimum atomic E-state index is 0.363. The van der Waals surface area contributed by atoms with E-state index < -0.39 is 0 Å². The van der Waals surface area contributed by atoms with Gasteiger partial charge in [0.2, 0.25) is 0 Å². The Morgan fingerprint density at radius 2 is 1.39 bits per heavy atom. The van der Waals surface area contributed by atoms with Crippen LogP contribution in [0, 0.1) is 0 Å². The van der Waals surface area contributed by atoms with Crippen molar-refractivity contribution in [3.05, 3.63) is 84.2 Å². The summed E-state index contributed by atoms with van der Waals surface area (Å²) in [6.07, 6.45) is 0. The summed E-state index contributed by atoms with van der Waals surface area (Å²) in [4.78, 5) is 9.20. The van der Waals surface area contributed by atoms with Crippen LogP contribution in [0.4, 0.5) is 27.9 Å². The van der Waals surface area contributed by atoms with Crippen molar-refractivity contribution < 1.29 is 0 Å². The molecule has 4 aromatic rings. The molecule has 0 spiro atoms. The SMILES string of the molecule is CC(C)N(c1ccccc1)c1ccc(Nc2nc(-c3ccc(N(C)C)cc3)cs2)cc1. The molecule has 0 aliphatic heterocycles. The third-order valence-electron chi connectivity index (χ3n) is 5.13. The summed E-state index contributed by atoms with van der Waals surface area (Å²) >= 11 is 1.62. The fourth-order valence-electron chi connectivity index (χ4n) is 3.56. The summed E-state index contributed by atoms with van der Waals surface area (Å²) < 4.78 is 0. The van der Waals surface area contributed by atoms with Crippen LogP contribution in [0.25, 0.3) is 11.3 Å². The van der Waals surface area contributed by atoms with Gasteiger partial charge in [0, 0.05) is 53.8 Å². The van der Waals surface area contributed by atoms with Crippen molar-refractivity contribution in [2.45, 2.75) is 19.9 Å². The second-order valence-electron chi connectivity index (χ2n) is 7.95. The van der Waals surface area contributed by atoms with Crippen LogP contribution in [0.15, 0.2) is 84.2 Å². The van der Waals surface area contributed by atoms with Gasteiger partial charge in [-0.2, -0.15) is 0 Å². The molecule has 0 atom stereocenters. The monoisotopic (exact) mass is 428 g/mol. The molecule has 0 saturated carbocycles. The van der Waals surface area contributed by atoms with Crippen LogP contribution in [0.5, 0.6) is 0 Å². The van der Waals surface area contributed by atoms with E-state index in [9.17, 15) is 0 Å². The zero-order valence-corrected chi connectivity index (χ0v) is 19.2. The maximum atomic E-state index is 4.77. The minimum Gasteiger partial charge on any atom is -0.378 e. The number of nitrogens with zero attached hydrogens (tertiary/aromatic N) is 3. The number of hydrogen-bond donors (Lipinski definition) is 1. The normalized spacial score (nSPS) is 10.9. The number of anilines is 5. The van der Waals surface area contributed by atoms with Crippen LogP contribution in [0.2, 0.25) is 0 Å². The van der Waals surface area contributed by atoms with Crippen molar-refractivity contribution >= 4 is 39.2 Å². The molecular formula is C26H28N4S. The highest BCUT2D eigenvalue weighted by molar-refractivity contribution is 7.14. The molecule has 1 heterocycles. The van der Waals surface area contributed by atoms with Gasteiger partial charge < -0.3 is 15.1 Å². The van der Waals surface area contributed by atoms with Crippen molar-refractivity contribution in [2.24, 2.45) is 0 Å². The first-order valence-electron chi connectivity index (χ1n) is 10.5. The third kappa shape index (κ3) is 4.89. The van der Waals surface area contributed by atoms with Crippen molar-refractivity contribution in [3.8, 4) is 11.3 Å². The molecule has 5 heteroatoms. The summed E-state index contributed by atoms with van der Waals surface area (Å²) in [5, 5.41) is 6.43. The van der Waals surface area contributed by atoms with Gasteiger partial charge in [0.1, 0.15) is 0 Å². The lowest BCUT2D eigenvalue weighted by atomic mass is 10.1. The summed E-state index contributed by atoms with van der Waals surface area (Å²) in [6.45, 7) is 4.42. The van der Waals surface area contributed by atoms with Gasteiger partial charge in [0.05, 0.1) is 5.69 Å². The molecular weight excluding hydrogens is 400 g/mol. The highest BCUT2D eigenvalue weighted by Crippen LogP contribution is 2.31. The summed E-state index contributed by atoms with van der Waals surface area (Å²) in [5.74, 6) is 0. The average molecular weight is 429 g/mol. The van der Waals surface area contributed by atoms with Crippen LogP contribution in [0.1, 0.15) is 13.8 Å². The number of nitrogens with one attached hydrogen (secondary N) is 1. The fourth-order valence-corrected chi connectivity index (χ4v) is 4.30. The van der Waals surface area contributed by atoms with E-state index in [1.54, 1.807) is 11.3 Å². The molecule has 31 heavy (non-hydrogen) atoms. The predicted molar refractivity (Wildman–Crippen MR) is 135 cm³/mol. The quantitative estimate of drug-likeness (QED) is 0.338. The van der Waals surface area contributed by atoms with E-state index in [0.29, 0.717) is 6.04 Å². The number of aromatic nitrogens is 1. The van der Waals surface area contributed by atoms with Gasteiger partial charge in [-0.25, -0.2) is 4.98 Å². The van der Waals surface area contributed by atoms with Crippen molar-refractivity contribution in [1.82, 2.24) is 4.98 Å². The molecule has 0 aliphatic carbocycles. The molecule has 4 rings (SSSR count). The van der Waals surface area contributed by atoms with Gasteiger partial charge in [0.25, 0.3) is 0 Å². The van der Waals surface area contributed by atoms with Gasteiger partial charge in [-0.05, 0) is 62.4 Å². The lowest BCUT2D eigenvalue weighted by Crippen LogP contribution is -2.25. The Bertz CT molecular complexity index is 1100. The highest BCUT2D eigenvalue weighted by Gasteiger charge is 2.13. The number of para-hydroxylation sites is 1. The Morgan fingerprint density at radius 3 is 2.00 bits per heavy atom. The molecule has 0 fully saturated rings. The molecule has 3 aromatic carbocycles. The molecule has 0 amide bonds. The van der Waals surface area contributed by atoms with E-state index >= 15 is 0 Å². The molecule has 0 radical (unpaired) electrons. The minimum absolute atomic E-state index is 0.363. The van der Waals surface area contributed by atoms with E-state index in [2.05, 4.69) is 107 Å². The highest BCUT2D eigenvalue weighted by atomic mass is 32.1. The molecule has 1 aromatic heterocycles. The Hall–Kier alpha value is -3.31. The van der Waals surface area contributed by atoms with Gasteiger partial charge in [-0.15, -0.1) is 11.3 Å². The Kier molecular flexibility index (Phi) is 6.23. The molecule has 0 aliphatic rings. The Labute approximate surface area is 188 Å². The first-order valence-corrected chi connectivity index (χ1v) is 11.3. The molecule has 1 N–H and O–H groups in total. The van der Waals surface area contributed by atoms with Gasteiger partial charge >= 0.3 is 0 Å². The third-order valence-corrected chi connectivity index (χ3v) is 5.89. The maximum absolute atomic E-state index is 4.77.